The lowest BCUT2D eigenvalue weighted by molar-refractivity contribution is -0.117. The molecule has 1 rings (SSSR count). The lowest BCUT2D eigenvalue weighted by Gasteiger charge is -2.13. The Kier molecular flexibility index (Phi) is 6.15. The van der Waals surface area contributed by atoms with E-state index < -0.39 is 6.04 Å². The van der Waals surface area contributed by atoms with Crippen LogP contribution in [0.2, 0.25) is 0 Å². The van der Waals surface area contributed by atoms with E-state index >= 15 is 0 Å². The van der Waals surface area contributed by atoms with Crippen molar-refractivity contribution in [3.63, 3.8) is 0 Å². The topological polar surface area (TPSA) is 73.6 Å². The summed E-state index contributed by atoms with van der Waals surface area (Å²) in [4.78, 5) is 11.9. The standard InChI is InChI=1S/C14H22N2O3/c1-4-5-6-13(15)14(17)16-10-7-11(18-2)9-12(8-10)19-3/h7-9,13H,4-6,15H2,1-3H3,(H,16,17)/t13-/m0/s1. The minimum Gasteiger partial charge on any atom is -0.497 e. The number of methoxy groups -OCH3 is 2. The van der Waals surface area contributed by atoms with Gasteiger partial charge in [-0.2, -0.15) is 0 Å². The molecule has 0 unspecified atom stereocenters. The number of hydrogen-bond donors (Lipinski definition) is 2. The Hall–Kier alpha value is -1.75. The molecular formula is C14H22N2O3. The molecule has 0 spiro atoms. The van der Waals surface area contributed by atoms with Crippen LogP contribution in [0, 0.1) is 0 Å². The first-order chi connectivity index (χ1) is 9.10. The molecule has 1 aromatic rings. The minimum absolute atomic E-state index is 0.191. The maximum atomic E-state index is 11.9. The van der Waals surface area contributed by atoms with Crippen molar-refractivity contribution in [1.29, 1.82) is 0 Å². The molecule has 0 aliphatic carbocycles. The summed E-state index contributed by atoms with van der Waals surface area (Å²) in [5.74, 6) is 1.05. The predicted molar refractivity (Wildman–Crippen MR) is 75.7 cm³/mol. The maximum absolute atomic E-state index is 11.9. The SMILES string of the molecule is CCCC[C@H](N)C(=O)Nc1cc(OC)cc(OC)c1. The normalized spacial score (nSPS) is 11.8. The van der Waals surface area contributed by atoms with Crippen molar-refractivity contribution in [2.45, 2.75) is 32.2 Å². The van der Waals surface area contributed by atoms with Crippen molar-refractivity contribution in [2.75, 3.05) is 19.5 Å². The molecule has 5 nitrogen and oxygen atoms in total. The Balaban J connectivity index is 2.72. The minimum atomic E-state index is -0.489. The molecule has 1 aromatic carbocycles. The van der Waals surface area contributed by atoms with Gasteiger partial charge in [-0.25, -0.2) is 0 Å². The van der Waals surface area contributed by atoms with E-state index in [9.17, 15) is 4.79 Å². The van der Waals surface area contributed by atoms with Gasteiger partial charge in [-0.1, -0.05) is 19.8 Å². The number of rotatable bonds is 7. The van der Waals surface area contributed by atoms with Crippen LogP contribution in [-0.2, 0) is 4.79 Å². The van der Waals surface area contributed by atoms with E-state index in [2.05, 4.69) is 12.2 Å². The van der Waals surface area contributed by atoms with Gasteiger partial charge in [-0.05, 0) is 6.42 Å². The number of carbonyl (C=O) groups is 1. The highest BCUT2D eigenvalue weighted by molar-refractivity contribution is 5.95. The molecule has 5 heteroatoms. The highest BCUT2D eigenvalue weighted by atomic mass is 16.5. The molecule has 0 aliphatic heterocycles. The molecule has 1 amide bonds. The lowest BCUT2D eigenvalue weighted by atomic mass is 10.1. The van der Waals surface area contributed by atoms with E-state index in [-0.39, 0.29) is 5.91 Å². The number of carbonyl (C=O) groups excluding carboxylic acids is 1. The van der Waals surface area contributed by atoms with Gasteiger partial charge < -0.3 is 20.5 Å². The first-order valence-corrected chi connectivity index (χ1v) is 6.40. The first-order valence-electron chi connectivity index (χ1n) is 6.40. The second-order valence-corrected chi connectivity index (χ2v) is 4.34. The molecule has 19 heavy (non-hydrogen) atoms. The van der Waals surface area contributed by atoms with Crippen molar-refractivity contribution in [3.05, 3.63) is 18.2 Å². The molecule has 0 radical (unpaired) electrons. The fourth-order valence-electron chi connectivity index (χ4n) is 1.67. The fourth-order valence-corrected chi connectivity index (χ4v) is 1.67. The first kappa shape index (κ1) is 15.3. The summed E-state index contributed by atoms with van der Waals surface area (Å²) < 4.78 is 10.3. The number of ether oxygens (including phenoxy) is 2. The predicted octanol–water partition coefficient (Wildman–Crippen LogP) is 2.16. The van der Waals surface area contributed by atoms with Crippen LogP contribution >= 0.6 is 0 Å². The summed E-state index contributed by atoms with van der Waals surface area (Å²) >= 11 is 0. The largest absolute Gasteiger partial charge is 0.497 e. The maximum Gasteiger partial charge on any atom is 0.241 e. The molecule has 0 bridgehead atoms. The van der Waals surface area contributed by atoms with Gasteiger partial charge in [0.2, 0.25) is 5.91 Å². The van der Waals surface area contributed by atoms with Crippen molar-refractivity contribution < 1.29 is 14.3 Å². The van der Waals surface area contributed by atoms with Crippen molar-refractivity contribution in [2.24, 2.45) is 5.73 Å². The third-order valence-corrected chi connectivity index (χ3v) is 2.82. The molecule has 0 heterocycles. The van der Waals surface area contributed by atoms with Gasteiger partial charge >= 0.3 is 0 Å². The van der Waals surface area contributed by atoms with Gasteiger partial charge in [0.05, 0.1) is 20.3 Å². The van der Waals surface area contributed by atoms with E-state index in [1.165, 1.54) is 0 Å². The van der Waals surface area contributed by atoms with Crippen LogP contribution in [-0.4, -0.2) is 26.2 Å². The summed E-state index contributed by atoms with van der Waals surface area (Å²) in [6, 6.07) is 4.71. The summed E-state index contributed by atoms with van der Waals surface area (Å²) in [5.41, 5.74) is 6.44. The molecule has 0 aliphatic rings. The fraction of sp³-hybridized carbons (Fsp3) is 0.500. The number of amides is 1. The summed E-state index contributed by atoms with van der Waals surface area (Å²) in [5, 5.41) is 2.78. The number of nitrogens with one attached hydrogen (secondary N) is 1. The Morgan fingerprint density at radius 1 is 1.26 bits per heavy atom. The van der Waals surface area contributed by atoms with Crippen LogP contribution in [0.3, 0.4) is 0 Å². The zero-order valence-corrected chi connectivity index (χ0v) is 11.7. The summed E-state index contributed by atoms with van der Waals surface area (Å²) in [7, 11) is 3.13. The molecular weight excluding hydrogens is 244 g/mol. The molecule has 106 valence electrons. The quantitative estimate of drug-likeness (QED) is 0.793. The van der Waals surface area contributed by atoms with Gasteiger partial charge in [-0.3, -0.25) is 4.79 Å². The van der Waals surface area contributed by atoms with E-state index in [1.807, 2.05) is 0 Å². The zero-order chi connectivity index (χ0) is 14.3. The smallest absolute Gasteiger partial charge is 0.241 e. The van der Waals surface area contributed by atoms with Crippen LogP contribution in [0.15, 0.2) is 18.2 Å². The Bertz CT molecular complexity index is 399. The molecule has 0 saturated carbocycles. The average molecular weight is 266 g/mol. The van der Waals surface area contributed by atoms with Gasteiger partial charge in [0.25, 0.3) is 0 Å². The van der Waals surface area contributed by atoms with Gasteiger partial charge in [0, 0.05) is 23.9 Å². The summed E-state index contributed by atoms with van der Waals surface area (Å²) in [6.45, 7) is 2.07. The average Bonchev–Trinajstić information content (AvgIpc) is 2.43. The highest BCUT2D eigenvalue weighted by Gasteiger charge is 2.13. The molecule has 3 N–H and O–H groups in total. The number of unbranched alkanes of at least 4 members (excludes halogenated alkanes) is 1. The van der Waals surface area contributed by atoms with Crippen LogP contribution in [0.25, 0.3) is 0 Å². The Morgan fingerprint density at radius 3 is 2.32 bits per heavy atom. The molecule has 0 saturated heterocycles. The molecule has 0 aromatic heterocycles. The van der Waals surface area contributed by atoms with Gasteiger partial charge in [0.15, 0.2) is 0 Å². The Morgan fingerprint density at radius 2 is 1.84 bits per heavy atom. The van der Waals surface area contributed by atoms with Gasteiger partial charge in [-0.15, -0.1) is 0 Å². The van der Waals surface area contributed by atoms with E-state index in [0.29, 0.717) is 23.6 Å². The zero-order valence-electron chi connectivity index (χ0n) is 11.7. The number of hydrogen-bond acceptors (Lipinski definition) is 4. The third kappa shape index (κ3) is 4.79. The second-order valence-electron chi connectivity index (χ2n) is 4.34. The third-order valence-electron chi connectivity index (χ3n) is 2.82. The molecule has 0 fully saturated rings. The second kappa shape index (κ2) is 7.63. The van der Waals surface area contributed by atoms with Crippen molar-refractivity contribution >= 4 is 11.6 Å². The van der Waals surface area contributed by atoms with Gasteiger partial charge in [0.1, 0.15) is 11.5 Å². The van der Waals surface area contributed by atoms with E-state index in [4.69, 9.17) is 15.2 Å². The van der Waals surface area contributed by atoms with Crippen LogP contribution in [0.4, 0.5) is 5.69 Å². The van der Waals surface area contributed by atoms with Crippen LogP contribution in [0.1, 0.15) is 26.2 Å². The van der Waals surface area contributed by atoms with Crippen LogP contribution in [0.5, 0.6) is 11.5 Å². The van der Waals surface area contributed by atoms with E-state index in [1.54, 1.807) is 32.4 Å². The summed E-state index contributed by atoms with van der Waals surface area (Å²) in [6.07, 6.45) is 2.65. The van der Waals surface area contributed by atoms with E-state index in [0.717, 1.165) is 12.8 Å². The van der Waals surface area contributed by atoms with Crippen LogP contribution < -0.4 is 20.5 Å². The highest BCUT2D eigenvalue weighted by Crippen LogP contribution is 2.25. The molecule has 1 atom stereocenters. The number of anilines is 1. The monoisotopic (exact) mass is 266 g/mol. The lowest BCUT2D eigenvalue weighted by Crippen LogP contribution is -2.35. The van der Waals surface area contributed by atoms with Crippen molar-refractivity contribution in [3.8, 4) is 11.5 Å². The van der Waals surface area contributed by atoms with Crippen molar-refractivity contribution in [1.82, 2.24) is 0 Å². The number of benzene rings is 1. The number of nitrogens with two attached hydrogens (primary N) is 1. The Labute approximate surface area is 114 Å².